The van der Waals surface area contributed by atoms with Crippen molar-refractivity contribution >= 4 is 54.0 Å². The van der Waals surface area contributed by atoms with Crippen LogP contribution in [-0.2, 0) is 6.54 Å². The van der Waals surface area contributed by atoms with Crippen molar-refractivity contribution in [2.45, 2.75) is 51.2 Å². The molecule has 33 heavy (non-hydrogen) atoms. The van der Waals surface area contributed by atoms with Gasteiger partial charge in [0.25, 0.3) is 0 Å². The smallest absolute Gasteiger partial charge is 0.338 e. The summed E-state index contributed by atoms with van der Waals surface area (Å²) >= 11 is 12.4. The molecule has 0 aromatic heterocycles. The van der Waals surface area contributed by atoms with Crippen LogP contribution >= 0.6 is 48.0 Å². The standard InChI is InChI=1S/C24H27Cl2FN2O2.2ClH/c1-14-12-28(5-6-29(14)15(2)18-9-19(25)11-20(26)10-18)13-16-7-21(17-3-4-17)23(24(30)31)22(27)8-16;;/h7-11,14-15,17H,3-6,12-13H2,1-2H3,(H,30,31);2*1H/t14-,15-;;/m1../s1. The van der Waals surface area contributed by atoms with Crippen molar-refractivity contribution in [2.24, 2.45) is 0 Å². The molecular formula is C24H29Cl4FN2O2. The van der Waals surface area contributed by atoms with Gasteiger partial charge in [0, 0.05) is 48.3 Å². The van der Waals surface area contributed by atoms with Crippen LogP contribution in [0.3, 0.4) is 0 Å². The molecule has 2 aromatic rings. The maximum absolute atomic E-state index is 14.6. The zero-order chi connectivity index (χ0) is 22.3. The first-order valence-electron chi connectivity index (χ1n) is 10.7. The summed E-state index contributed by atoms with van der Waals surface area (Å²) in [5, 5.41) is 10.7. The maximum atomic E-state index is 14.6. The van der Waals surface area contributed by atoms with Crippen molar-refractivity contribution in [1.29, 1.82) is 0 Å². The van der Waals surface area contributed by atoms with Crippen LogP contribution in [0.5, 0.6) is 0 Å². The molecule has 0 unspecified atom stereocenters. The first-order valence-corrected chi connectivity index (χ1v) is 11.5. The van der Waals surface area contributed by atoms with Crippen LogP contribution in [0, 0.1) is 5.82 Å². The van der Waals surface area contributed by atoms with Crippen molar-refractivity contribution in [1.82, 2.24) is 9.80 Å². The maximum Gasteiger partial charge on any atom is 0.338 e. The van der Waals surface area contributed by atoms with E-state index in [1.807, 2.05) is 18.2 Å². The van der Waals surface area contributed by atoms with Gasteiger partial charge in [-0.3, -0.25) is 9.80 Å². The van der Waals surface area contributed by atoms with E-state index in [1.165, 1.54) is 6.07 Å². The number of carboxylic acids is 1. The van der Waals surface area contributed by atoms with Gasteiger partial charge < -0.3 is 5.11 Å². The number of benzene rings is 2. The lowest BCUT2D eigenvalue weighted by molar-refractivity contribution is 0.0504. The summed E-state index contributed by atoms with van der Waals surface area (Å²) in [7, 11) is 0. The molecule has 9 heteroatoms. The lowest BCUT2D eigenvalue weighted by Gasteiger charge is -2.43. The first-order chi connectivity index (χ1) is 14.7. The van der Waals surface area contributed by atoms with Crippen LogP contribution in [-0.4, -0.2) is 46.6 Å². The van der Waals surface area contributed by atoms with E-state index >= 15 is 0 Å². The minimum Gasteiger partial charge on any atom is -0.478 e. The summed E-state index contributed by atoms with van der Waals surface area (Å²) < 4.78 is 14.6. The average Bonchev–Trinajstić information content (AvgIpc) is 3.51. The van der Waals surface area contributed by atoms with Crippen LogP contribution in [0.2, 0.25) is 10.0 Å². The Morgan fingerprint density at radius 3 is 2.30 bits per heavy atom. The predicted octanol–water partition coefficient (Wildman–Crippen LogP) is 6.82. The van der Waals surface area contributed by atoms with E-state index in [1.54, 1.807) is 6.07 Å². The quantitative estimate of drug-likeness (QED) is 0.439. The van der Waals surface area contributed by atoms with Crippen LogP contribution < -0.4 is 0 Å². The van der Waals surface area contributed by atoms with Gasteiger partial charge >= 0.3 is 5.97 Å². The number of aromatic carboxylic acids is 1. The number of carboxylic acid groups (broad SMARTS) is 1. The Labute approximate surface area is 216 Å². The summed E-state index contributed by atoms with van der Waals surface area (Å²) in [6, 6.07) is 9.44. The minimum atomic E-state index is -1.18. The molecule has 2 aliphatic rings. The van der Waals surface area contributed by atoms with Crippen molar-refractivity contribution in [3.63, 3.8) is 0 Å². The Hall–Kier alpha value is -1.08. The molecule has 1 aliphatic carbocycles. The molecule has 4 rings (SSSR count). The molecule has 0 spiro atoms. The Morgan fingerprint density at radius 1 is 1.12 bits per heavy atom. The fourth-order valence-corrected chi connectivity index (χ4v) is 5.29. The van der Waals surface area contributed by atoms with Crippen LogP contribution in [0.1, 0.15) is 65.7 Å². The van der Waals surface area contributed by atoms with Gasteiger partial charge in [-0.1, -0.05) is 29.3 Å². The second kappa shape index (κ2) is 11.6. The minimum absolute atomic E-state index is 0. The first kappa shape index (κ1) is 28.2. The molecule has 1 saturated heterocycles. The Balaban J connectivity index is 0.00000193. The fourth-order valence-electron chi connectivity index (χ4n) is 4.75. The molecule has 182 valence electrons. The van der Waals surface area contributed by atoms with Crippen molar-refractivity contribution in [2.75, 3.05) is 19.6 Å². The molecule has 0 amide bonds. The third-order valence-corrected chi connectivity index (χ3v) is 6.88. The molecule has 1 N–H and O–H groups in total. The largest absolute Gasteiger partial charge is 0.478 e. The molecule has 1 aliphatic heterocycles. The average molecular weight is 538 g/mol. The van der Waals surface area contributed by atoms with E-state index < -0.39 is 11.8 Å². The molecule has 4 nitrogen and oxygen atoms in total. The second-order valence-electron chi connectivity index (χ2n) is 8.82. The zero-order valence-electron chi connectivity index (χ0n) is 18.6. The SMILES string of the molecule is C[C@@H]1CN(Cc2cc(F)c(C(=O)O)c(C3CC3)c2)CCN1[C@H](C)c1cc(Cl)cc(Cl)c1.Cl.Cl. The van der Waals surface area contributed by atoms with Gasteiger partial charge in [-0.2, -0.15) is 0 Å². The normalized spacial score (nSPS) is 20.0. The second-order valence-corrected chi connectivity index (χ2v) is 9.69. The highest BCUT2D eigenvalue weighted by atomic mass is 35.5. The highest BCUT2D eigenvalue weighted by Gasteiger charge is 2.32. The van der Waals surface area contributed by atoms with Crippen molar-refractivity contribution in [3.8, 4) is 0 Å². The molecule has 0 radical (unpaired) electrons. The topological polar surface area (TPSA) is 43.8 Å². The van der Waals surface area contributed by atoms with Crippen molar-refractivity contribution < 1.29 is 14.3 Å². The van der Waals surface area contributed by atoms with E-state index in [4.69, 9.17) is 23.2 Å². The molecular weight excluding hydrogens is 509 g/mol. The van der Waals surface area contributed by atoms with Gasteiger partial charge in [0.1, 0.15) is 5.82 Å². The Bertz CT molecular complexity index is 982. The van der Waals surface area contributed by atoms with Crippen LogP contribution in [0.15, 0.2) is 30.3 Å². The summed E-state index contributed by atoms with van der Waals surface area (Å²) in [6.07, 6.45) is 1.87. The molecule has 0 bridgehead atoms. The summed E-state index contributed by atoms with van der Waals surface area (Å²) in [5.41, 5.74) is 2.44. The fraction of sp³-hybridized carbons (Fsp3) is 0.458. The van der Waals surface area contributed by atoms with Gasteiger partial charge in [-0.25, -0.2) is 9.18 Å². The lowest BCUT2D eigenvalue weighted by Crippen LogP contribution is -2.52. The van der Waals surface area contributed by atoms with E-state index in [2.05, 4.69) is 23.6 Å². The lowest BCUT2D eigenvalue weighted by atomic mass is 9.98. The highest BCUT2D eigenvalue weighted by molar-refractivity contribution is 6.34. The van der Waals surface area contributed by atoms with E-state index in [-0.39, 0.29) is 42.3 Å². The molecule has 2 fully saturated rings. The molecule has 1 heterocycles. The highest BCUT2D eigenvalue weighted by Crippen LogP contribution is 2.43. The number of rotatable bonds is 6. The Kier molecular flexibility index (Phi) is 9.87. The van der Waals surface area contributed by atoms with Gasteiger partial charge in [-0.05, 0) is 73.6 Å². The van der Waals surface area contributed by atoms with E-state index in [0.29, 0.717) is 28.2 Å². The van der Waals surface area contributed by atoms with Gasteiger partial charge in [0.05, 0.1) is 5.56 Å². The van der Waals surface area contributed by atoms with Gasteiger partial charge in [0.2, 0.25) is 0 Å². The molecule has 2 aromatic carbocycles. The van der Waals surface area contributed by atoms with Gasteiger partial charge in [0.15, 0.2) is 0 Å². The number of hydrogen-bond donors (Lipinski definition) is 1. The monoisotopic (exact) mass is 536 g/mol. The number of hydrogen-bond acceptors (Lipinski definition) is 3. The predicted molar refractivity (Wildman–Crippen MR) is 136 cm³/mol. The summed E-state index contributed by atoms with van der Waals surface area (Å²) in [6.45, 7) is 7.54. The van der Waals surface area contributed by atoms with E-state index in [9.17, 15) is 14.3 Å². The number of piperazine rings is 1. The summed E-state index contributed by atoms with van der Waals surface area (Å²) in [5.74, 6) is -1.62. The van der Waals surface area contributed by atoms with E-state index in [0.717, 1.165) is 43.6 Å². The summed E-state index contributed by atoms with van der Waals surface area (Å²) in [4.78, 5) is 16.2. The Morgan fingerprint density at radius 2 is 1.76 bits per heavy atom. The van der Waals surface area contributed by atoms with Crippen LogP contribution in [0.25, 0.3) is 0 Å². The molecule has 1 saturated carbocycles. The van der Waals surface area contributed by atoms with Crippen molar-refractivity contribution in [3.05, 3.63) is 68.4 Å². The number of carbonyl (C=O) groups is 1. The van der Waals surface area contributed by atoms with Gasteiger partial charge in [-0.15, -0.1) is 24.8 Å². The number of halogens is 5. The third-order valence-electron chi connectivity index (χ3n) is 6.45. The number of nitrogens with zero attached hydrogens (tertiary/aromatic N) is 2. The molecule has 2 atom stereocenters. The third kappa shape index (κ3) is 6.53. The van der Waals surface area contributed by atoms with Crippen LogP contribution in [0.4, 0.5) is 4.39 Å². The zero-order valence-corrected chi connectivity index (χ0v) is 21.7.